The van der Waals surface area contributed by atoms with Gasteiger partial charge in [0.25, 0.3) is 5.91 Å². The first kappa shape index (κ1) is 16.8. The Hall–Kier alpha value is -1.56. The molecule has 1 heterocycles. The molecule has 0 bridgehead atoms. The third kappa shape index (κ3) is 4.00. The molecule has 1 aliphatic heterocycles. The van der Waals surface area contributed by atoms with Gasteiger partial charge in [0.2, 0.25) is 0 Å². The van der Waals surface area contributed by atoms with Gasteiger partial charge in [0.15, 0.2) is 0 Å². The highest BCUT2D eigenvalue weighted by molar-refractivity contribution is 5.95. The predicted molar refractivity (Wildman–Crippen MR) is 76.7 cm³/mol. The summed E-state index contributed by atoms with van der Waals surface area (Å²) in [6.07, 6.45) is -1.54. The second-order valence-electron chi connectivity index (χ2n) is 5.70. The van der Waals surface area contributed by atoms with Crippen LogP contribution >= 0.6 is 0 Å². The molecule has 0 radical (unpaired) electrons. The number of hydrogen-bond acceptors (Lipinski definition) is 2. The SMILES string of the molecule is Cc1ccc(C(F)(F)F)cc1C(=O)N(C)CC1CCCCO1. The molecule has 1 fully saturated rings. The lowest BCUT2D eigenvalue weighted by Gasteiger charge is -2.28. The minimum absolute atomic E-state index is 0.0335. The Morgan fingerprint density at radius 2 is 2.09 bits per heavy atom. The highest BCUT2D eigenvalue weighted by Gasteiger charge is 2.32. The summed E-state index contributed by atoms with van der Waals surface area (Å²) in [6.45, 7) is 2.71. The summed E-state index contributed by atoms with van der Waals surface area (Å²) in [4.78, 5) is 13.9. The van der Waals surface area contributed by atoms with Crippen LogP contribution < -0.4 is 0 Å². The van der Waals surface area contributed by atoms with E-state index in [1.54, 1.807) is 14.0 Å². The molecule has 1 atom stereocenters. The number of hydrogen-bond donors (Lipinski definition) is 0. The molecule has 6 heteroatoms. The minimum Gasteiger partial charge on any atom is -0.376 e. The molecule has 0 saturated carbocycles. The zero-order valence-corrected chi connectivity index (χ0v) is 12.7. The second kappa shape index (κ2) is 6.69. The highest BCUT2D eigenvalue weighted by Crippen LogP contribution is 2.30. The topological polar surface area (TPSA) is 29.5 Å². The summed E-state index contributed by atoms with van der Waals surface area (Å²) < 4.78 is 43.9. The van der Waals surface area contributed by atoms with Gasteiger partial charge in [-0.25, -0.2) is 0 Å². The molecule has 3 nitrogen and oxygen atoms in total. The van der Waals surface area contributed by atoms with E-state index in [0.29, 0.717) is 18.7 Å². The van der Waals surface area contributed by atoms with Crippen molar-refractivity contribution < 1.29 is 22.7 Å². The smallest absolute Gasteiger partial charge is 0.376 e. The van der Waals surface area contributed by atoms with E-state index >= 15 is 0 Å². The van der Waals surface area contributed by atoms with Gasteiger partial charge in [0.05, 0.1) is 11.7 Å². The van der Waals surface area contributed by atoms with Gasteiger partial charge in [-0.1, -0.05) is 6.07 Å². The van der Waals surface area contributed by atoms with Crippen molar-refractivity contribution in [3.63, 3.8) is 0 Å². The lowest BCUT2D eigenvalue weighted by molar-refractivity contribution is -0.137. The van der Waals surface area contributed by atoms with E-state index in [2.05, 4.69) is 0 Å². The molecule has 1 aliphatic rings. The summed E-state index contributed by atoms with van der Waals surface area (Å²) in [5.41, 5.74) is -0.175. The molecule has 0 aromatic heterocycles. The van der Waals surface area contributed by atoms with Crippen LogP contribution in [0.4, 0.5) is 13.2 Å². The van der Waals surface area contributed by atoms with Crippen molar-refractivity contribution in [2.24, 2.45) is 0 Å². The van der Waals surface area contributed by atoms with Crippen LogP contribution in [0.3, 0.4) is 0 Å². The second-order valence-corrected chi connectivity index (χ2v) is 5.70. The molecule has 1 amide bonds. The van der Waals surface area contributed by atoms with Crippen molar-refractivity contribution in [2.75, 3.05) is 20.2 Å². The minimum atomic E-state index is -4.45. The normalized spacial score (nSPS) is 19.0. The summed E-state index contributed by atoms with van der Waals surface area (Å²) >= 11 is 0. The zero-order valence-electron chi connectivity index (χ0n) is 12.7. The number of ether oxygens (including phenoxy) is 1. The molecule has 0 N–H and O–H groups in total. The lowest BCUT2D eigenvalue weighted by Crippen LogP contribution is -2.37. The Morgan fingerprint density at radius 3 is 2.68 bits per heavy atom. The molecular formula is C16H20F3NO2. The Kier molecular flexibility index (Phi) is 5.11. The number of likely N-dealkylation sites (N-methyl/N-ethyl adjacent to an activating group) is 1. The highest BCUT2D eigenvalue weighted by atomic mass is 19.4. The van der Waals surface area contributed by atoms with E-state index in [9.17, 15) is 18.0 Å². The molecule has 1 aromatic rings. The maximum Gasteiger partial charge on any atom is 0.416 e. The zero-order chi connectivity index (χ0) is 16.3. The Balaban J connectivity index is 2.13. The van der Waals surface area contributed by atoms with Gasteiger partial charge >= 0.3 is 6.18 Å². The molecule has 1 unspecified atom stereocenters. The van der Waals surface area contributed by atoms with Gasteiger partial charge in [-0.3, -0.25) is 4.79 Å². The quantitative estimate of drug-likeness (QED) is 0.852. The fourth-order valence-corrected chi connectivity index (χ4v) is 2.57. The van der Waals surface area contributed by atoms with Crippen LogP contribution in [0.2, 0.25) is 0 Å². The van der Waals surface area contributed by atoms with E-state index in [1.807, 2.05) is 0 Å². The first-order valence-electron chi connectivity index (χ1n) is 7.34. The summed E-state index contributed by atoms with van der Waals surface area (Å²) in [5.74, 6) is -0.405. The average molecular weight is 315 g/mol. The van der Waals surface area contributed by atoms with Crippen molar-refractivity contribution in [1.82, 2.24) is 4.90 Å². The number of halogens is 3. The Bertz CT molecular complexity index is 537. The van der Waals surface area contributed by atoms with Crippen molar-refractivity contribution in [2.45, 2.75) is 38.5 Å². The van der Waals surface area contributed by atoms with E-state index in [4.69, 9.17) is 4.74 Å². The molecule has 0 spiro atoms. The summed E-state index contributed by atoms with van der Waals surface area (Å²) in [7, 11) is 1.60. The van der Waals surface area contributed by atoms with E-state index in [-0.39, 0.29) is 11.7 Å². The number of amides is 1. The van der Waals surface area contributed by atoms with E-state index in [0.717, 1.165) is 31.4 Å². The molecular weight excluding hydrogens is 295 g/mol. The number of alkyl halides is 3. The van der Waals surface area contributed by atoms with Crippen molar-refractivity contribution >= 4 is 5.91 Å². The first-order valence-corrected chi connectivity index (χ1v) is 7.34. The monoisotopic (exact) mass is 315 g/mol. The number of carbonyl (C=O) groups excluding carboxylic acids is 1. The standard InChI is InChI=1S/C16H20F3NO2/c1-11-6-7-12(16(17,18)19)9-14(11)15(21)20(2)10-13-5-3-4-8-22-13/h6-7,9,13H,3-5,8,10H2,1-2H3. The van der Waals surface area contributed by atoms with Crippen LogP contribution in [0.5, 0.6) is 0 Å². The number of nitrogens with zero attached hydrogens (tertiary/aromatic N) is 1. The maximum atomic E-state index is 12.8. The maximum absolute atomic E-state index is 12.8. The molecule has 0 aliphatic carbocycles. The number of aryl methyl sites for hydroxylation is 1. The Morgan fingerprint density at radius 1 is 1.36 bits per heavy atom. The van der Waals surface area contributed by atoms with Gasteiger partial charge in [0, 0.05) is 25.8 Å². The fourth-order valence-electron chi connectivity index (χ4n) is 2.57. The molecule has 22 heavy (non-hydrogen) atoms. The van der Waals surface area contributed by atoms with E-state index in [1.165, 1.54) is 11.0 Å². The van der Waals surface area contributed by atoms with Crippen molar-refractivity contribution in [1.29, 1.82) is 0 Å². The Labute approximate surface area is 128 Å². The van der Waals surface area contributed by atoms with Gasteiger partial charge in [-0.2, -0.15) is 13.2 Å². The number of benzene rings is 1. The number of rotatable bonds is 3. The molecule has 1 aromatic carbocycles. The van der Waals surface area contributed by atoms with Crippen LogP contribution in [0.15, 0.2) is 18.2 Å². The van der Waals surface area contributed by atoms with Gasteiger partial charge < -0.3 is 9.64 Å². The lowest BCUT2D eigenvalue weighted by atomic mass is 10.0. The molecule has 2 rings (SSSR count). The first-order chi connectivity index (χ1) is 10.3. The van der Waals surface area contributed by atoms with Crippen LogP contribution in [-0.4, -0.2) is 37.1 Å². The summed E-state index contributed by atoms with van der Waals surface area (Å²) in [5, 5.41) is 0. The third-order valence-electron chi connectivity index (χ3n) is 3.89. The van der Waals surface area contributed by atoms with E-state index < -0.39 is 17.6 Å². The largest absolute Gasteiger partial charge is 0.416 e. The van der Waals surface area contributed by atoms with Crippen LogP contribution in [-0.2, 0) is 10.9 Å². The predicted octanol–water partition coefficient (Wildman–Crippen LogP) is 3.65. The van der Waals surface area contributed by atoms with Crippen molar-refractivity contribution in [3.05, 3.63) is 34.9 Å². The third-order valence-corrected chi connectivity index (χ3v) is 3.89. The fraction of sp³-hybridized carbons (Fsp3) is 0.562. The van der Waals surface area contributed by atoms with Crippen LogP contribution in [0.25, 0.3) is 0 Å². The molecule has 1 saturated heterocycles. The van der Waals surface area contributed by atoms with Gasteiger partial charge in [0.1, 0.15) is 0 Å². The van der Waals surface area contributed by atoms with Crippen molar-refractivity contribution in [3.8, 4) is 0 Å². The molecule has 122 valence electrons. The van der Waals surface area contributed by atoms with Crippen LogP contribution in [0.1, 0.15) is 40.7 Å². The average Bonchev–Trinajstić information content (AvgIpc) is 2.46. The summed E-state index contributed by atoms with van der Waals surface area (Å²) in [6, 6.07) is 3.26. The van der Waals surface area contributed by atoms with Gasteiger partial charge in [-0.15, -0.1) is 0 Å². The van der Waals surface area contributed by atoms with Crippen LogP contribution in [0, 0.1) is 6.92 Å². The number of carbonyl (C=O) groups is 1. The van der Waals surface area contributed by atoms with Gasteiger partial charge in [-0.05, 0) is 43.9 Å².